The van der Waals surface area contributed by atoms with Crippen LogP contribution in [0, 0.1) is 0 Å². The molecule has 1 aliphatic carbocycles. The number of carbonyl (C=O) groups is 1. The van der Waals surface area contributed by atoms with Gasteiger partial charge in [0.2, 0.25) is 5.91 Å². The van der Waals surface area contributed by atoms with Crippen molar-refractivity contribution in [2.75, 3.05) is 45.8 Å². The molecule has 2 heterocycles. The van der Waals surface area contributed by atoms with E-state index in [1.807, 2.05) is 4.90 Å². The molecular formula is C22H33N3O2. The Kier molecular flexibility index (Phi) is 6.30. The number of hydrogen-bond acceptors (Lipinski definition) is 4. The third-order valence-corrected chi connectivity index (χ3v) is 6.22. The minimum Gasteiger partial charge on any atom is -0.490 e. The minimum absolute atomic E-state index is 0.318. The number of rotatable bonds is 6. The second kappa shape index (κ2) is 9.07. The molecule has 0 unspecified atom stereocenters. The first-order valence-corrected chi connectivity index (χ1v) is 10.7. The third-order valence-electron chi connectivity index (χ3n) is 6.22. The Balaban J connectivity index is 1.19. The maximum absolute atomic E-state index is 12.3. The van der Waals surface area contributed by atoms with Gasteiger partial charge in [0, 0.05) is 45.8 Å². The number of benzene rings is 1. The number of hydrogen-bond donors (Lipinski definition) is 0. The number of nitrogens with zero attached hydrogens (tertiary/aromatic N) is 3. The lowest BCUT2D eigenvalue weighted by atomic mass is 10.2. The molecule has 2 saturated heterocycles. The first-order chi connectivity index (χ1) is 13.3. The topological polar surface area (TPSA) is 36.0 Å². The first-order valence-electron chi connectivity index (χ1n) is 10.7. The van der Waals surface area contributed by atoms with Crippen molar-refractivity contribution >= 4 is 5.91 Å². The summed E-state index contributed by atoms with van der Waals surface area (Å²) in [4.78, 5) is 19.1. The van der Waals surface area contributed by atoms with Crippen LogP contribution in [-0.4, -0.2) is 72.5 Å². The first kappa shape index (κ1) is 18.8. The van der Waals surface area contributed by atoms with Gasteiger partial charge < -0.3 is 9.64 Å². The predicted octanol–water partition coefficient (Wildman–Crippen LogP) is 2.75. The fourth-order valence-corrected chi connectivity index (χ4v) is 4.49. The van der Waals surface area contributed by atoms with Crippen LogP contribution in [0.3, 0.4) is 0 Å². The zero-order valence-corrected chi connectivity index (χ0v) is 16.4. The molecule has 4 rings (SSSR count). The molecule has 1 amide bonds. The van der Waals surface area contributed by atoms with Crippen LogP contribution in [0.5, 0.6) is 5.75 Å². The van der Waals surface area contributed by atoms with Crippen molar-refractivity contribution in [2.45, 2.75) is 51.2 Å². The molecule has 0 atom stereocenters. The van der Waals surface area contributed by atoms with Crippen LogP contribution in [-0.2, 0) is 11.3 Å². The Bertz CT molecular complexity index is 598. The second-order valence-electron chi connectivity index (χ2n) is 8.31. The molecule has 5 heteroatoms. The van der Waals surface area contributed by atoms with E-state index in [1.54, 1.807) is 0 Å². The van der Waals surface area contributed by atoms with Crippen molar-refractivity contribution in [2.24, 2.45) is 0 Å². The van der Waals surface area contributed by atoms with Gasteiger partial charge in [0.15, 0.2) is 0 Å². The predicted molar refractivity (Wildman–Crippen MR) is 107 cm³/mol. The van der Waals surface area contributed by atoms with Gasteiger partial charge in [0.25, 0.3) is 0 Å². The fourth-order valence-electron chi connectivity index (χ4n) is 4.49. The summed E-state index contributed by atoms with van der Waals surface area (Å²) in [5, 5.41) is 0. The lowest BCUT2D eigenvalue weighted by Gasteiger charge is -2.35. The molecular weight excluding hydrogens is 338 g/mol. The summed E-state index contributed by atoms with van der Waals surface area (Å²) in [6, 6.07) is 8.65. The maximum Gasteiger partial charge on any atom is 0.236 e. The molecule has 0 bridgehead atoms. The van der Waals surface area contributed by atoms with E-state index in [4.69, 9.17) is 4.74 Å². The van der Waals surface area contributed by atoms with Gasteiger partial charge in [-0.2, -0.15) is 0 Å². The summed E-state index contributed by atoms with van der Waals surface area (Å²) in [5.74, 6) is 1.33. The van der Waals surface area contributed by atoms with Gasteiger partial charge in [0.1, 0.15) is 5.75 Å². The maximum atomic E-state index is 12.3. The summed E-state index contributed by atoms with van der Waals surface area (Å²) in [7, 11) is 0. The molecule has 2 aliphatic heterocycles. The van der Waals surface area contributed by atoms with Crippen LogP contribution < -0.4 is 4.74 Å². The van der Waals surface area contributed by atoms with Gasteiger partial charge in [-0.1, -0.05) is 12.1 Å². The van der Waals surface area contributed by atoms with Crippen LogP contribution in [0.4, 0.5) is 0 Å². The summed E-state index contributed by atoms with van der Waals surface area (Å²) in [6.45, 7) is 7.54. The standard InChI is InChI=1S/C22H33N3O2/c26-22(25-11-3-4-12-25)18-24-15-13-23(14-16-24)17-19-7-9-21(10-8-19)27-20-5-1-2-6-20/h7-10,20H,1-6,11-18H2. The Morgan fingerprint density at radius 3 is 2.15 bits per heavy atom. The molecule has 0 N–H and O–H groups in total. The van der Waals surface area contributed by atoms with Crippen LogP contribution in [0.2, 0.25) is 0 Å². The Hall–Kier alpha value is -1.59. The van der Waals surface area contributed by atoms with Gasteiger partial charge >= 0.3 is 0 Å². The molecule has 27 heavy (non-hydrogen) atoms. The van der Waals surface area contributed by atoms with Crippen LogP contribution in [0.15, 0.2) is 24.3 Å². The van der Waals surface area contributed by atoms with E-state index in [9.17, 15) is 4.79 Å². The summed E-state index contributed by atoms with van der Waals surface area (Å²) < 4.78 is 6.06. The minimum atomic E-state index is 0.318. The van der Waals surface area contributed by atoms with E-state index >= 15 is 0 Å². The molecule has 3 aliphatic rings. The highest BCUT2D eigenvalue weighted by Gasteiger charge is 2.23. The number of likely N-dealkylation sites (tertiary alicyclic amines) is 1. The lowest BCUT2D eigenvalue weighted by molar-refractivity contribution is -0.131. The van der Waals surface area contributed by atoms with Crippen LogP contribution in [0.1, 0.15) is 44.1 Å². The Morgan fingerprint density at radius 2 is 1.48 bits per heavy atom. The van der Waals surface area contributed by atoms with E-state index in [1.165, 1.54) is 44.1 Å². The normalized spacial score (nSPS) is 22.4. The number of ether oxygens (including phenoxy) is 1. The quantitative estimate of drug-likeness (QED) is 0.770. The Morgan fingerprint density at radius 1 is 0.852 bits per heavy atom. The molecule has 1 saturated carbocycles. The SMILES string of the molecule is O=C(CN1CCN(Cc2ccc(OC3CCCC3)cc2)CC1)N1CCCC1. The Labute approximate surface area is 163 Å². The molecule has 1 aromatic rings. The fraction of sp³-hybridized carbons (Fsp3) is 0.682. The van der Waals surface area contributed by atoms with E-state index < -0.39 is 0 Å². The largest absolute Gasteiger partial charge is 0.490 e. The monoisotopic (exact) mass is 371 g/mol. The summed E-state index contributed by atoms with van der Waals surface area (Å²) in [5.41, 5.74) is 1.34. The highest BCUT2D eigenvalue weighted by atomic mass is 16.5. The second-order valence-corrected chi connectivity index (χ2v) is 8.31. The average molecular weight is 372 g/mol. The zero-order chi connectivity index (χ0) is 18.5. The smallest absolute Gasteiger partial charge is 0.236 e. The van der Waals surface area contributed by atoms with Crippen molar-refractivity contribution in [3.8, 4) is 5.75 Å². The third kappa shape index (κ3) is 5.23. The van der Waals surface area contributed by atoms with E-state index in [0.29, 0.717) is 18.6 Å². The number of piperazine rings is 1. The molecule has 148 valence electrons. The zero-order valence-electron chi connectivity index (χ0n) is 16.4. The molecule has 0 radical (unpaired) electrons. The van der Waals surface area contributed by atoms with E-state index in [-0.39, 0.29) is 0 Å². The highest BCUT2D eigenvalue weighted by molar-refractivity contribution is 5.78. The van der Waals surface area contributed by atoms with E-state index in [2.05, 4.69) is 34.1 Å². The van der Waals surface area contributed by atoms with Crippen molar-refractivity contribution in [3.63, 3.8) is 0 Å². The van der Waals surface area contributed by atoms with E-state index in [0.717, 1.165) is 51.6 Å². The van der Waals surface area contributed by atoms with Crippen molar-refractivity contribution in [1.29, 1.82) is 0 Å². The molecule has 1 aromatic carbocycles. The van der Waals surface area contributed by atoms with Crippen LogP contribution >= 0.6 is 0 Å². The summed E-state index contributed by atoms with van der Waals surface area (Å²) >= 11 is 0. The van der Waals surface area contributed by atoms with Gasteiger partial charge in [-0.25, -0.2) is 0 Å². The van der Waals surface area contributed by atoms with Gasteiger partial charge in [0.05, 0.1) is 12.6 Å². The molecule has 3 fully saturated rings. The highest BCUT2D eigenvalue weighted by Crippen LogP contribution is 2.24. The molecule has 0 spiro atoms. The summed E-state index contributed by atoms with van der Waals surface area (Å²) in [6.07, 6.45) is 7.77. The molecule has 5 nitrogen and oxygen atoms in total. The van der Waals surface area contributed by atoms with Crippen molar-refractivity contribution in [3.05, 3.63) is 29.8 Å². The van der Waals surface area contributed by atoms with Gasteiger partial charge in [-0.05, 0) is 56.2 Å². The average Bonchev–Trinajstić information content (AvgIpc) is 3.39. The van der Waals surface area contributed by atoms with Crippen LogP contribution in [0.25, 0.3) is 0 Å². The number of amides is 1. The molecule has 0 aromatic heterocycles. The van der Waals surface area contributed by atoms with Crippen molar-refractivity contribution in [1.82, 2.24) is 14.7 Å². The van der Waals surface area contributed by atoms with Gasteiger partial charge in [-0.3, -0.25) is 14.6 Å². The van der Waals surface area contributed by atoms with Crippen molar-refractivity contribution < 1.29 is 9.53 Å². The number of carbonyl (C=O) groups excluding carboxylic acids is 1. The lowest BCUT2D eigenvalue weighted by Crippen LogP contribution is -2.49. The van der Waals surface area contributed by atoms with Gasteiger partial charge in [-0.15, -0.1) is 0 Å².